The number of methoxy groups -OCH3 is 3. The fraction of sp³-hybridized carbons (Fsp3) is 0.364. The smallest absolute Gasteiger partial charge is 0.339 e. The van der Waals surface area contributed by atoms with Gasteiger partial charge in [0.1, 0.15) is 0 Å². The molecule has 1 atom stereocenters. The summed E-state index contributed by atoms with van der Waals surface area (Å²) in [5.41, 5.74) is 0.125. The van der Waals surface area contributed by atoms with E-state index in [9.17, 15) is 9.90 Å². The van der Waals surface area contributed by atoms with Crippen LogP contribution in [0.5, 0.6) is 11.5 Å². The first-order valence-corrected chi connectivity index (χ1v) is 5.10. The molecule has 0 aromatic heterocycles. The number of ether oxygens (including phenoxy) is 3. The number of aliphatic hydroxyl groups is 1. The minimum Gasteiger partial charge on any atom is -0.493 e. The number of carbonyl (C=O) groups is 1. The van der Waals surface area contributed by atoms with Gasteiger partial charge in [-0.25, -0.2) is 4.79 Å². The van der Waals surface area contributed by atoms with E-state index in [2.05, 4.69) is 4.74 Å². The van der Waals surface area contributed by atoms with Gasteiger partial charge in [-0.2, -0.15) is 0 Å². The van der Waals surface area contributed by atoms with Gasteiger partial charge in [0, 0.05) is 0 Å². The molecule has 0 aliphatic heterocycles. The van der Waals surface area contributed by atoms with Crippen LogP contribution < -0.4 is 9.47 Å². The molecule has 0 amide bonds. The number of benzene rings is 1. The zero-order chi connectivity index (χ0) is 13.0. The molecule has 1 N–H and O–H groups in total. The van der Waals surface area contributed by atoms with Crippen LogP contribution in [0.15, 0.2) is 12.1 Å². The molecule has 0 fully saturated rings. The van der Waals surface area contributed by atoms with E-state index in [4.69, 9.17) is 21.1 Å². The lowest BCUT2D eigenvalue weighted by atomic mass is 10.1. The predicted octanol–water partition coefficient (Wildman–Crippen LogP) is 1.56. The summed E-state index contributed by atoms with van der Waals surface area (Å²) >= 11 is 5.93. The largest absolute Gasteiger partial charge is 0.493 e. The summed E-state index contributed by atoms with van der Waals surface area (Å²) in [4.78, 5) is 11.3. The van der Waals surface area contributed by atoms with Crippen molar-refractivity contribution in [3.63, 3.8) is 0 Å². The Bertz CT molecular complexity index is 419. The molecule has 1 unspecified atom stereocenters. The first kappa shape index (κ1) is 13.6. The summed E-state index contributed by atoms with van der Waals surface area (Å²) in [6.07, 6.45) is -1.52. The molecule has 1 aromatic carbocycles. The highest BCUT2D eigenvalue weighted by Crippen LogP contribution is 2.39. The molecular weight excluding hydrogens is 248 g/mol. The maximum atomic E-state index is 11.3. The van der Waals surface area contributed by atoms with Crippen LogP contribution in [0, 0.1) is 0 Å². The van der Waals surface area contributed by atoms with Gasteiger partial charge in [-0.15, -0.1) is 0 Å². The van der Waals surface area contributed by atoms with Crippen molar-refractivity contribution in [1.29, 1.82) is 0 Å². The molecule has 6 heteroatoms. The summed E-state index contributed by atoms with van der Waals surface area (Å²) < 4.78 is 14.6. The van der Waals surface area contributed by atoms with Gasteiger partial charge in [0.15, 0.2) is 17.6 Å². The van der Waals surface area contributed by atoms with Crippen molar-refractivity contribution < 1.29 is 24.1 Å². The molecule has 0 aliphatic rings. The van der Waals surface area contributed by atoms with Gasteiger partial charge >= 0.3 is 5.97 Å². The molecule has 0 saturated carbocycles. The van der Waals surface area contributed by atoms with Gasteiger partial charge in [0.25, 0.3) is 0 Å². The Balaban J connectivity index is 3.34. The average Bonchev–Trinajstić information content (AvgIpc) is 2.36. The number of carbonyl (C=O) groups excluding carboxylic acids is 1. The summed E-state index contributed by atoms with van der Waals surface area (Å²) in [6.45, 7) is 0. The third-order valence-corrected chi connectivity index (χ3v) is 2.56. The summed E-state index contributed by atoms with van der Waals surface area (Å²) in [5, 5.41) is 10.0. The van der Waals surface area contributed by atoms with Crippen LogP contribution in [-0.4, -0.2) is 32.4 Å². The molecule has 0 spiro atoms. The molecule has 0 bridgehead atoms. The second kappa shape index (κ2) is 5.75. The second-order valence-corrected chi connectivity index (χ2v) is 3.53. The van der Waals surface area contributed by atoms with Crippen molar-refractivity contribution in [2.45, 2.75) is 6.10 Å². The molecule has 17 heavy (non-hydrogen) atoms. The normalized spacial score (nSPS) is 11.8. The summed E-state index contributed by atoms with van der Waals surface area (Å²) in [7, 11) is 4.01. The van der Waals surface area contributed by atoms with Crippen molar-refractivity contribution >= 4 is 17.6 Å². The molecule has 0 aliphatic carbocycles. The van der Waals surface area contributed by atoms with Crippen molar-refractivity contribution in [3.05, 3.63) is 22.7 Å². The van der Waals surface area contributed by atoms with Gasteiger partial charge in [0.05, 0.1) is 31.9 Å². The average molecular weight is 261 g/mol. The van der Waals surface area contributed by atoms with Crippen LogP contribution in [0.3, 0.4) is 0 Å². The standard InChI is InChI=1S/C11H13ClO5/c1-15-7-5-4-6(12)8(10(7)16-2)9(13)11(14)17-3/h4-5,9,13H,1-3H3. The fourth-order valence-corrected chi connectivity index (χ4v) is 1.66. The zero-order valence-electron chi connectivity index (χ0n) is 9.69. The summed E-state index contributed by atoms with van der Waals surface area (Å²) in [6, 6.07) is 3.08. The molecule has 0 saturated heterocycles. The third kappa shape index (κ3) is 2.62. The van der Waals surface area contributed by atoms with Gasteiger partial charge in [-0.05, 0) is 12.1 Å². The van der Waals surface area contributed by atoms with E-state index in [1.54, 1.807) is 6.07 Å². The van der Waals surface area contributed by atoms with Gasteiger partial charge in [-0.3, -0.25) is 0 Å². The van der Waals surface area contributed by atoms with Crippen molar-refractivity contribution in [2.24, 2.45) is 0 Å². The lowest BCUT2D eigenvalue weighted by Crippen LogP contribution is -2.15. The van der Waals surface area contributed by atoms with Crippen LogP contribution >= 0.6 is 11.6 Å². The molecule has 5 nitrogen and oxygen atoms in total. The molecule has 1 aromatic rings. The maximum absolute atomic E-state index is 11.3. The highest BCUT2D eigenvalue weighted by Gasteiger charge is 2.27. The molecule has 0 radical (unpaired) electrons. The van der Waals surface area contributed by atoms with E-state index in [-0.39, 0.29) is 16.3 Å². The SMILES string of the molecule is COC(=O)C(O)c1c(Cl)ccc(OC)c1OC. The van der Waals surface area contributed by atoms with Gasteiger partial charge in [-0.1, -0.05) is 11.6 Å². The van der Waals surface area contributed by atoms with E-state index in [0.29, 0.717) is 5.75 Å². The van der Waals surface area contributed by atoms with E-state index in [1.165, 1.54) is 27.4 Å². The minimum atomic E-state index is -1.52. The Morgan fingerprint density at radius 3 is 2.41 bits per heavy atom. The zero-order valence-corrected chi connectivity index (χ0v) is 10.4. The van der Waals surface area contributed by atoms with Crippen LogP contribution in [0.25, 0.3) is 0 Å². The summed E-state index contributed by atoms with van der Waals surface area (Å²) in [5.74, 6) is -0.244. The highest BCUT2D eigenvalue weighted by atomic mass is 35.5. The Kier molecular flexibility index (Phi) is 4.60. The number of rotatable bonds is 4. The van der Waals surface area contributed by atoms with Crippen molar-refractivity contribution in [2.75, 3.05) is 21.3 Å². The van der Waals surface area contributed by atoms with E-state index in [1.807, 2.05) is 0 Å². The first-order chi connectivity index (χ1) is 8.06. The van der Waals surface area contributed by atoms with Gasteiger partial charge in [0.2, 0.25) is 0 Å². The number of aliphatic hydroxyl groups excluding tert-OH is 1. The van der Waals surface area contributed by atoms with E-state index < -0.39 is 12.1 Å². The number of hydrogen-bond acceptors (Lipinski definition) is 5. The minimum absolute atomic E-state index is 0.125. The Labute approximate surface area is 104 Å². The van der Waals surface area contributed by atoms with Crippen molar-refractivity contribution in [1.82, 2.24) is 0 Å². The topological polar surface area (TPSA) is 65.0 Å². The molecule has 94 valence electrons. The Morgan fingerprint density at radius 2 is 1.94 bits per heavy atom. The second-order valence-electron chi connectivity index (χ2n) is 3.12. The quantitative estimate of drug-likeness (QED) is 0.833. The highest BCUT2D eigenvalue weighted by molar-refractivity contribution is 6.32. The molecule has 1 rings (SSSR count). The number of hydrogen-bond donors (Lipinski definition) is 1. The van der Waals surface area contributed by atoms with Crippen LogP contribution in [0.1, 0.15) is 11.7 Å². The van der Waals surface area contributed by atoms with Crippen LogP contribution in [0.2, 0.25) is 5.02 Å². The Hall–Kier alpha value is -1.46. The lowest BCUT2D eigenvalue weighted by molar-refractivity contribution is -0.150. The Morgan fingerprint density at radius 1 is 1.29 bits per heavy atom. The molecule has 0 heterocycles. The molecular formula is C11H13ClO5. The number of esters is 1. The lowest BCUT2D eigenvalue weighted by Gasteiger charge is -2.17. The number of halogens is 1. The van der Waals surface area contributed by atoms with Crippen molar-refractivity contribution in [3.8, 4) is 11.5 Å². The van der Waals surface area contributed by atoms with Gasteiger partial charge < -0.3 is 19.3 Å². The van der Waals surface area contributed by atoms with E-state index >= 15 is 0 Å². The third-order valence-electron chi connectivity index (χ3n) is 2.23. The maximum Gasteiger partial charge on any atom is 0.339 e. The van der Waals surface area contributed by atoms with Crippen LogP contribution in [-0.2, 0) is 9.53 Å². The predicted molar refractivity (Wildman–Crippen MR) is 61.5 cm³/mol. The fourth-order valence-electron chi connectivity index (χ4n) is 1.41. The monoisotopic (exact) mass is 260 g/mol. The first-order valence-electron chi connectivity index (χ1n) is 4.73. The van der Waals surface area contributed by atoms with E-state index in [0.717, 1.165) is 0 Å². The van der Waals surface area contributed by atoms with Crippen LogP contribution in [0.4, 0.5) is 0 Å².